The zero-order valence-corrected chi connectivity index (χ0v) is 16.1. The van der Waals surface area contributed by atoms with Gasteiger partial charge in [0.15, 0.2) is 11.5 Å². The van der Waals surface area contributed by atoms with Gasteiger partial charge in [-0.15, -0.1) is 0 Å². The smallest absolute Gasteiger partial charge is 0.343 e. The first-order chi connectivity index (χ1) is 12.5. The molecular formula is C20H17BrO5. The maximum Gasteiger partial charge on any atom is 0.343 e. The lowest BCUT2D eigenvalue weighted by atomic mass is 10.1. The first-order valence-corrected chi connectivity index (χ1v) is 8.56. The molecule has 26 heavy (non-hydrogen) atoms. The van der Waals surface area contributed by atoms with Crippen LogP contribution < -0.4 is 14.2 Å². The van der Waals surface area contributed by atoms with E-state index in [1.54, 1.807) is 45.6 Å². The summed E-state index contributed by atoms with van der Waals surface area (Å²) in [5, 5.41) is 0. The fourth-order valence-electron chi connectivity index (χ4n) is 2.61. The molecule has 0 unspecified atom stereocenters. The van der Waals surface area contributed by atoms with E-state index in [0.29, 0.717) is 28.6 Å². The van der Waals surface area contributed by atoms with E-state index in [-0.39, 0.29) is 0 Å². The first-order valence-electron chi connectivity index (χ1n) is 7.77. The Kier molecular flexibility index (Phi) is 5.32. The normalized spacial score (nSPS) is 14.8. The van der Waals surface area contributed by atoms with Gasteiger partial charge in [0, 0.05) is 10.0 Å². The fraction of sp³-hybridized carbons (Fsp3) is 0.150. The van der Waals surface area contributed by atoms with Crippen LogP contribution >= 0.6 is 15.9 Å². The molecular weight excluding hydrogens is 400 g/mol. The second kappa shape index (κ2) is 7.66. The highest BCUT2D eigenvalue weighted by molar-refractivity contribution is 9.10. The van der Waals surface area contributed by atoms with Gasteiger partial charge in [-0.3, -0.25) is 0 Å². The Morgan fingerprint density at radius 2 is 1.58 bits per heavy atom. The van der Waals surface area contributed by atoms with E-state index in [0.717, 1.165) is 15.6 Å². The summed E-state index contributed by atoms with van der Waals surface area (Å²) in [5.41, 5.74) is 2.01. The van der Waals surface area contributed by atoms with Crippen LogP contribution in [0.25, 0.3) is 11.8 Å². The van der Waals surface area contributed by atoms with Gasteiger partial charge in [0.2, 0.25) is 5.75 Å². The van der Waals surface area contributed by atoms with Gasteiger partial charge in [-0.1, -0.05) is 28.1 Å². The van der Waals surface area contributed by atoms with Crippen molar-refractivity contribution in [1.82, 2.24) is 0 Å². The predicted molar refractivity (Wildman–Crippen MR) is 102 cm³/mol. The van der Waals surface area contributed by atoms with E-state index >= 15 is 0 Å². The van der Waals surface area contributed by atoms with E-state index in [9.17, 15) is 4.79 Å². The summed E-state index contributed by atoms with van der Waals surface area (Å²) in [5.74, 6) is 1.64. The third kappa shape index (κ3) is 3.60. The van der Waals surface area contributed by atoms with Gasteiger partial charge in [-0.25, -0.2) is 4.79 Å². The molecule has 0 aromatic heterocycles. The molecule has 0 N–H and O–H groups in total. The van der Waals surface area contributed by atoms with Crippen molar-refractivity contribution in [3.8, 4) is 17.2 Å². The Morgan fingerprint density at radius 1 is 0.962 bits per heavy atom. The molecule has 0 atom stereocenters. The topological polar surface area (TPSA) is 54.0 Å². The number of hydrogen-bond acceptors (Lipinski definition) is 5. The lowest BCUT2D eigenvalue weighted by Crippen LogP contribution is -1.98. The molecule has 1 heterocycles. The van der Waals surface area contributed by atoms with E-state index in [4.69, 9.17) is 18.9 Å². The minimum atomic E-state index is -0.406. The van der Waals surface area contributed by atoms with Crippen molar-refractivity contribution in [2.45, 2.75) is 0 Å². The Hall–Kier alpha value is -2.73. The number of benzene rings is 2. The second-order valence-electron chi connectivity index (χ2n) is 5.46. The number of carbonyl (C=O) groups excluding carboxylic acids is 1. The third-order valence-corrected chi connectivity index (χ3v) is 4.39. The van der Waals surface area contributed by atoms with Crippen molar-refractivity contribution in [3.63, 3.8) is 0 Å². The van der Waals surface area contributed by atoms with E-state index in [1.165, 1.54) is 0 Å². The molecule has 1 aliphatic rings. The number of hydrogen-bond donors (Lipinski definition) is 0. The average Bonchev–Trinajstić information content (AvgIpc) is 3.01. The van der Waals surface area contributed by atoms with Gasteiger partial charge in [-0.2, -0.15) is 0 Å². The van der Waals surface area contributed by atoms with Crippen molar-refractivity contribution in [2.75, 3.05) is 21.3 Å². The lowest BCUT2D eigenvalue weighted by molar-refractivity contribution is -0.130. The average molecular weight is 417 g/mol. The molecule has 0 saturated carbocycles. The molecule has 5 nitrogen and oxygen atoms in total. The highest BCUT2D eigenvalue weighted by Gasteiger charge is 2.22. The molecule has 0 fully saturated rings. The Balaban J connectivity index is 1.99. The molecule has 3 rings (SSSR count). The van der Waals surface area contributed by atoms with Gasteiger partial charge in [-0.05, 0) is 42.0 Å². The largest absolute Gasteiger partial charge is 0.493 e. The van der Waals surface area contributed by atoms with Crippen molar-refractivity contribution in [2.24, 2.45) is 0 Å². The summed E-state index contributed by atoms with van der Waals surface area (Å²) < 4.78 is 22.3. The zero-order valence-electron chi connectivity index (χ0n) is 14.5. The summed E-state index contributed by atoms with van der Waals surface area (Å²) in [4.78, 5) is 12.2. The summed E-state index contributed by atoms with van der Waals surface area (Å²) in [6.07, 6.45) is 3.44. The Bertz CT molecular complexity index is 872. The van der Waals surface area contributed by atoms with Crippen molar-refractivity contribution in [1.29, 1.82) is 0 Å². The van der Waals surface area contributed by atoms with Crippen LogP contribution in [0.4, 0.5) is 0 Å². The quantitative estimate of drug-likeness (QED) is 0.531. The van der Waals surface area contributed by atoms with Gasteiger partial charge < -0.3 is 18.9 Å². The Labute approximate surface area is 160 Å². The molecule has 0 bridgehead atoms. The molecule has 0 aliphatic carbocycles. The van der Waals surface area contributed by atoms with Crippen molar-refractivity contribution < 1.29 is 23.7 Å². The van der Waals surface area contributed by atoms with Crippen molar-refractivity contribution in [3.05, 3.63) is 63.6 Å². The van der Waals surface area contributed by atoms with E-state index < -0.39 is 5.97 Å². The first kappa shape index (κ1) is 18.1. The van der Waals surface area contributed by atoms with Crippen LogP contribution in [0.3, 0.4) is 0 Å². The van der Waals surface area contributed by atoms with E-state index in [1.807, 2.05) is 24.3 Å². The number of rotatable bonds is 5. The van der Waals surface area contributed by atoms with Crippen LogP contribution in [-0.4, -0.2) is 27.3 Å². The van der Waals surface area contributed by atoms with Gasteiger partial charge >= 0.3 is 5.97 Å². The molecule has 2 aromatic rings. The highest BCUT2D eigenvalue weighted by atomic mass is 79.9. The van der Waals surface area contributed by atoms with Crippen LogP contribution in [0.5, 0.6) is 17.2 Å². The number of carbonyl (C=O) groups is 1. The number of halogens is 1. The van der Waals surface area contributed by atoms with Crippen LogP contribution in [0, 0.1) is 0 Å². The number of methoxy groups -OCH3 is 3. The molecule has 2 aromatic carbocycles. The summed E-state index contributed by atoms with van der Waals surface area (Å²) >= 11 is 3.39. The minimum Gasteiger partial charge on any atom is -0.493 e. The molecule has 0 radical (unpaired) electrons. The monoisotopic (exact) mass is 416 g/mol. The Morgan fingerprint density at radius 3 is 2.12 bits per heavy atom. The molecule has 0 spiro atoms. The van der Waals surface area contributed by atoms with E-state index in [2.05, 4.69) is 15.9 Å². The summed E-state index contributed by atoms with van der Waals surface area (Å²) in [6, 6.07) is 11.1. The van der Waals surface area contributed by atoms with Gasteiger partial charge in [0.1, 0.15) is 5.76 Å². The number of esters is 1. The summed E-state index contributed by atoms with van der Waals surface area (Å²) in [7, 11) is 4.63. The number of cyclic esters (lactones) is 1. The van der Waals surface area contributed by atoms with Crippen LogP contribution in [0.1, 0.15) is 11.1 Å². The van der Waals surface area contributed by atoms with Crippen LogP contribution in [0.2, 0.25) is 0 Å². The van der Waals surface area contributed by atoms with Gasteiger partial charge in [0.25, 0.3) is 0 Å². The number of ether oxygens (including phenoxy) is 4. The minimum absolute atomic E-state index is 0.406. The fourth-order valence-corrected chi connectivity index (χ4v) is 2.87. The summed E-state index contributed by atoms with van der Waals surface area (Å²) in [6.45, 7) is 0. The SMILES string of the molecule is COc1cc(/C=C2/C=C(c3ccc(Br)cc3)OC2=O)cc(OC)c1OC. The molecule has 134 valence electrons. The maximum absolute atomic E-state index is 12.2. The van der Waals surface area contributed by atoms with Crippen LogP contribution in [0.15, 0.2) is 52.5 Å². The standard InChI is InChI=1S/C20H17BrO5/c1-23-17-9-12(10-18(24-2)19(17)25-3)8-14-11-16(26-20(14)22)13-4-6-15(21)7-5-13/h4-11H,1-3H3/b14-8-. The molecule has 0 amide bonds. The zero-order chi connectivity index (χ0) is 18.7. The lowest BCUT2D eigenvalue weighted by Gasteiger charge is -2.12. The third-order valence-electron chi connectivity index (χ3n) is 3.86. The molecule has 6 heteroatoms. The maximum atomic E-state index is 12.2. The highest BCUT2D eigenvalue weighted by Crippen LogP contribution is 2.39. The van der Waals surface area contributed by atoms with Gasteiger partial charge in [0.05, 0.1) is 26.9 Å². The van der Waals surface area contributed by atoms with Crippen LogP contribution in [-0.2, 0) is 9.53 Å². The molecule has 0 saturated heterocycles. The second-order valence-corrected chi connectivity index (χ2v) is 6.38. The van der Waals surface area contributed by atoms with Crippen molar-refractivity contribution >= 4 is 33.7 Å². The predicted octanol–water partition coefficient (Wildman–Crippen LogP) is 4.46. The molecule has 1 aliphatic heterocycles.